The van der Waals surface area contributed by atoms with Crippen LogP contribution in [0.3, 0.4) is 0 Å². The van der Waals surface area contributed by atoms with Gasteiger partial charge in [0.25, 0.3) is 0 Å². The molecule has 1 atom stereocenters. The zero-order valence-corrected chi connectivity index (χ0v) is 15.7. The molecule has 0 bridgehead atoms. The predicted molar refractivity (Wildman–Crippen MR) is 105 cm³/mol. The number of hydrogen-bond donors (Lipinski definition) is 1. The molecular formula is C18H16Cl2N4S. The number of aromatic nitrogens is 2. The fraction of sp³-hybridized carbons (Fsp3) is 0.222. The Balaban J connectivity index is 1.74. The quantitative estimate of drug-likeness (QED) is 0.463. The summed E-state index contributed by atoms with van der Waals surface area (Å²) in [5.41, 5.74) is 6.25. The van der Waals surface area contributed by atoms with Crippen molar-refractivity contribution in [3.8, 4) is 0 Å². The number of halogens is 2. The van der Waals surface area contributed by atoms with Gasteiger partial charge in [0.05, 0.1) is 28.0 Å². The molecule has 7 heteroatoms. The average molecular weight is 391 g/mol. The molecule has 0 saturated heterocycles. The molecule has 0 spiro atoms. The monoisotopic (exact) mass is 390 g/mol. The van der Waals surface area contributed by atoms with E-state index in [0.717, 1.165) is 30.7 Å². The zero-order chi connectivity index (χ0) is 17.2. The van der Waals surface area contributed by atoms with Gasteiger partial charge in [-0.3, -0.25) is 5.43 Å². The van der Waals surface area contributed by atoms with Gasteiger partial charge in [0.1, 0.15) is 5.71 Å². The van der Waals surface area contributed by atoms with E-state index < -0.39 is 0 Å². The fourth-order valence-corrected chi connectivity index (χ4v) is 4.54. The number of anilines is 1. The molecule has 1 aliphatic rings. The predicted octanol–water partition coefficient (Wildman–Crippen LogP) is 5.65. The van der Waals surface area contributed by atoms with Crippen LogP contribution < -0.4 is 5.43 Å². The molecule has 0 fully saturated rings. The second-order valence-electron chi connectivity index (χ2n) is 5.93. The smallest absolute Gasteiger partial charge is 0.101 e. The van der Waals surface area contributed by atoms with Crippen LogP contribution in [0.1, 0.15) is 29.3 Å². The highest BCUT2D eigenvalue weighted by molar-refractivity contribution is 7.12. The average Bonchev–Trinajstić information content (AvgIpc) is 3.25. The highest BCUT2D eigenvalue weighted by Gasteiger charge is 2.26. The Labute approximate surface area is 160 Å². The molecule has 0 saturated carbocycles. The number of aryl methyl sites for hydroxylation is 1. The summed E-state index contributed by atoms with van der Waals surface area (Å²) >= 11 is 14.0. The van der Waals surface area contributed by atoms with Crippen molar-refractivity contribution in [2.75, 3.05) is 5.43 Å². The van der Waals surface area contributed by atoms with E-state index in [1.54, 1.807) is 29.7 Å². The van der Waals surface area contributed by atoms with Gasteiger partial charge < -0.3 is 4.57 Å². The van der Waals surface area contributed by atoms with Crippen molar-refractivity contribution in [1.82, 2.24) is 9.55 Å². The first-order valence-electron chi connectivity index (χ1n) is 8.05. The van der Waals surface area contributed by atoms with Crippen LogP contribution in [0.15, 0.2) is 53.5 Å². The van der Waals surface area contributed by atoms with Gasteiger partial charge in [-0.15, -0.1) is 11.3 Å². The summed E-state index contributed by atoms with van der Waals surface area (Å²) in [6, 6.07) is 7.70. The van der Waals surface area contributed by atoms with E-state index in [9.17, 15) is 0 Å². The van der Waals surface area contributed by atoms with Crippen molar-refractivity contribution < 1.29 is 0 Å². The number of hydrogen-bond acceptors (Lipinski definition) is 4. The van der Waals surface area contributed by atoms with Crippen molar-refractivity contribution in [3.63, 3.8) is 0 Å². The van der Waals surface area contributed by atoms with Crippen molar-refractivity contribution in [3.05, 3.63) is 68.9 Å². The van der Waals surface area contributed by atoms with Crippen LogP contribution in [0.2, 0.25) is 10.0 Å². The second kappa shape index (κ2) is 7.20. The Morgan fingerprint density at radius 3 is 3.00 bits per heavy atom. The number of imidazole rings is 1. The molecule has 1 aromatic carbocycles. The minimum absolute atomic E-state index is 0.154. The molecule has 4 nitrogen and oxygen atoms in total. The standard InChI is InChI=1S/C18H16Cl2N4S/c19-13-4-5-15(14(20)10-13)22-23-17-16(24-8-7-21-11-24)3-1-2-12-6-9-25-18(12)17/h4-11,16,22H,1-3H2. The fourth-order valence-electron chi connectivity index (χ4n) is 3.10. The molecule has 1 unspecified atom stereocenters. The van der Waals surface area contributed by atoms with E-state index >= 15 is 0 Å². The molecule has 0 amide bonds. The van der Waals surface area contributed by atoms with Crippen molar-refractivity contribution >= 4 is 45.9 Å². The third-order valence-corrected chi connectivity index (χ3v) is 5.86. The van der Waals surface area contributed by atoms with E-state index in [2.05, 4.69) is 26.4 Å². The van der Waals surface area contributed by atoms with E-state index in [4.69, 9.17) is 28.3 Å². The van der Waals surface area contributed by atoms with Crippen LogP contribution in [-0.4, -0.2) is 15.3 Å². The Kier molecular flexibility index (Phi) is 4.79. The van der Waals surface area contributed by atoms with Gasteiger partial charge >= 0.3 is 0 Å². The van der Waals surface area contributed by atoms with E-state index in [0.29, 0.717) is 10.0 Å². The minimum Gasteiger partial charge on any atom is -0.328 e. The Morgan fingerprint density at radius 1 is 1.28 bits per heavy atom. The summed E-state index contributed by atoms with van der Waals surface area (Å²) < 4.78 is 2.12. The van der Waals surface area contributed by atoms with Crippen molar-refractivity contribution in [1.29, 1.82) is 0 Å². The first kappa shape index (κ1) is 16.6. The molecule has 0 radical (unpaired) electrons. The zero-order valence-electron chi connectivity index (χ0n) is 13.3. The molecule has 2 heterocycles. The Hall–Kier alpha value is -1.82. The molecule has 4 rings (SSSR count). The largest absolute Gasteiger partial charge is 0.328 e. The third-order valence-electron chi connectivity index (χ3n) is 4.33. The van der Waals surface area contributed by atoms with Gasteiger partial charge in [0.2, 0.25) is 0 Å². The second-order valence-corrected chi connectivity index (χ2v) is 7.69. The molecule has 3 aromatic rings. The maximum Gasteiger partial charge on any atom is 0.101 e. The Morgan fingerprint density at radius 2 is 2.20 bits per heavy atom. The molecule has 1 aliphatic carbocycles. The number of nitrogens with zero attached hydrogens (tertiary/aromatic N) is 3. The van der Waals surface area contributed by atoms with Crippen molar-refractivity contribution in [2.24, 2.45) is 5.10 Å². The van der Waals surface area contributed by atoms with Crippen LogP contribution >= 0.6 is 34.5 Å². The highest BCUT2D eigenvalue weighted by Crippen LogP contribution is 2.32. The SMILES string of the molecule is Clc1ccc(NN=C2c3sccc3CCCC2n2ccnc2)c(Cl)c1. The number of nitrogens with one attached hydrogen (secondary N) is 1. The van der Waals surface area contributed by atoms with Gasteiger partial charge in [0.15, 0.2) is 0 Å². The highest BCUT2D eigenvalue weighted by atomic mass is 35.5. The lowest BCUT2D eigenvalue weighted by Crippen LogP contribution is -2.19. The van der Waals surface area contributed by atoms with Gasteiger partial charge in [0, 0.05) is 17.4 Å². The first-order valence-corrected chi connectivity index (χ1v) is 9.69. The van der Waals surface area contributed by atoms with Crippen LogP contribution in [0.25, 0.3) is 0 Å². The molecule has 128 valence electrons. The van der Waals surface area contributed by atoms with Gasteiger partial charge in [-0.25, -0.2) is 4.98 Å². The van der Waals surface area contributed by atoms with Gasteiger partial charge in [-0.05, 0) is 54.5 Å². The molecular weight excluding hydrogens is 375 g/mol. The lowest BCUT2D eigenvalue weighted by molar-refractivity contribution is 0.568. The lowest BCUT2D eigenvalue weighted by Gasteiger charge is -2.18. The third kappa shape index (κ3) is 3.45. The van der Waals surface area contributed by atoms with Crippen LogP contribution in [0.4, 0.5) is 5.69 Å². The summed E-state index contributed by atoms with van der Waals surface area (Å²) in [5, 5.41) is 8.04. The topological polar surface area (TPSA) is 42.2 Å². The van der Waals surface area contributed by atoms with E-state index in [-0.39, 0.29) is 6.04 Å². The summed E-state index contributed by atoms with van der Waals surface area (Å²) in [6.45, 7) is 0. The molecule has 1 N–H and O–H groups in total. The normalized spacial score (nSPS) is 18.8. The number of fused-ring (bicyclic) bond motifs is 1. The number of hydrazone groups is 1. The Bertz CT molecular complexity index is 902. The van der Waals surface area contributed by atoms with E-state index in [1.165, 1.54) is 10.4 Å². The van der Waals surface area contributed by atoms with Crippen molar-refractivity contribution in [2.45, 2.75) is 25.3 Å². The summed E-state index contributed by atoms with van der Waals surface area (Å²) in [4.78, 5) is 5.43. The summed E-state index contributed by atoms with van der Waals surface area (Å²) in [7, 11) is 0. The van der Waals surface area contributed by atoms with Crippen LogP contribution in [0.5, 0.6) is 0 Å². The summed E-state index contributed by atoms with van der Waals surface area (Å²) in [6.07, 6.45) is 8.87. The molecule has 0 aliphatic heterocycles. The minimum atomic E-state index is 0.154. The van der Waals surface area contributed by atoms with E-state index in [1.807, 2.05) is 18.6 Å². The van der Waals surface area contributed by atoms with Gasteiger partial charge in [-0.2, -0.15) is 5.10 Å². The lowest BCUT2D eigenvalue weighted by atomic mass is 10.1. The van der Waals surface area contributed by atoms with Crippen LogP contribution in [-0.2, 0) is 6.42 Å². The first-order chi connectivity index (χ1) is 12.2. The molecule has 25 heavy (non-hydrogen) atoms. The summed E-state index contributed by atoms with van der Waals surface area (Å²) in [5.74, 6) is 0. The number of rotatable bonds is 3. The molecule has 2 aromatic heterocycles. The number of thiophene rings is 1. The maximum absolute atomic E-state index is 6.27. The van der Waals surface area contributed by atoms with Gasteiger partial charge in [-0.1, -0.05) is 23.2 Å². The maximum atomic E-state index is 6.27. The number of benzene rings is 1. The van der Waals surface area contributed by atoms with Crippen LogP contribution in [0, 0.1) is 0 Å².